The third-order valence-electron chi connectivity index (χ3n) is 1.77. The molecule has 0 saturated heterocycles. The smallest absolute Gasteiger partial charge is 0.126 e. The number of rotatable bonds is 3. The van der Waals surface area contributed by atoms with Crippen LogP contribution in [0.3, 0.4) is 0 Å². The quantitative estimate of drug-likeness (QED) is 0.774. The summed E-state index contributed by atoms with van der Waals surface area (Å²) in [7, 11) is 0. The summed E-state index contributed by atoms with van der Waals surface area (Å²) < 4.78 is 0. The fourth-order valence-corrected chi connectivity index (χ4v) is 1.02. The third-order valence-corrected chi connectivity index (χ3v) is 1.77. The number of aliphatic hydroxyl groups excluding tert-OH is 1. The molecule has 0 aliphatic heterocycles. The number of pyridine rings is 1. The van der Waals surface area contributed by atoms with Crippen LogP contribution in [-0.4, -0.2) is 16.6 Å². The summed E-state index contributed by atoms with van der Waals surface area (Å²) in [5.41, 5.74) is 0.931. The fraction of sp³-hybridized carbons (Fsp3) is 0.545. The summed E-state index contributed by atoms with van der Waals surface area (Å²) in [6, 6.07) is 5.61. The molecule has 0 fully saturated rings. The lowest BCUT2D eigenvalue weighted by Gasteiger charge is -2.19. The molecule has 0 saturated carbocycles. The third kappa shape index (κ3) is 3.75. The minimum atomic E-state index is -0.00889. The average Bonchev–Trinajstić information content (AvgIpc) is 2.14. The number of anilines is 1. The molecule has 0 aliphatic rings. The summed E-state index contributed by atoms with van der Waals surface area (Å²) in [5, 5.41) is 12.1. The topological polar surface area (TPSA) is 45.1 Å². The van der Waals surface area contributed by atoms with Crippen molar-refractivity contribution in [2.75, 3.05) is 11.9 Å². The van der Waals surface area contributed by atoms with E-state index in [1.165, 1.54) is 0 Å². The van der Waals surface area contributed by atoms with Gasteiger partial charge in [0.05, 0.1) is 12.3 Å². The van der Waals surface area contributed by atoms with Gasteiger partial charge in [0.15, 0.2) is 0 Å². The average molecular weight is 194 g/mol. The molecule has 0 spiro atoms. The van der Waals surface area contributed by atoms with Crippen molar-refractivity contribution in [2.24, 2.45) is 5.41 Å². The van der Waals surface area contributed by atoms with Crippen LogP contribution < -0.4 is 5.32 Å². The second kappa shape index (κ2) is 4.42. The Morgan fingerprint density at radius 1 is 1.36 bits per heavy atom. The molecule has 1 rings (SSSR count). The minimum absolute atomic E-state index is 0.00889. The molecular formula is C11H18N2O. The molecule has 2 N–H and O–H groups in total. The van der Waals surface area contributed by atoms with E-state index in [4.69, 9.17) is 5.11 Å². The van der Waals surface area contributed by atoms with Gasteiger partial charge in [-0.05, 0) is 17.5 Å². The van der Waals surface area contributed by atoms with Gasteiger partial charge < -0.3 is 10.4 Å². The van der Waals surface area contributed by atoms with Gasteiger partial charge in [-0.3, -0.25) is 0 Å². The van der Waals surface area contributed by atoms with Gasteiger partial charge in [-0.15, -0.1) is 0 Å². The monoisotopic (exact) mass is 194 g/mol. The van der Waals surface area contributed by atoms with E-state index >= 15 is 0 Å². The van der Waals surface area contributed by atoms with Crippen LogP contribution >= 0.6 is 0 Å². The molecule has 0 aliphatic carbocycles. The maximum absolute atomic E-state index is 8.90. The molecule has 1 aromatic rings. The minimum Gasteiger partial charge on any atom is -0.390 e. The van der Waals surface area contributed by atoms with Gasteiger partial charge in [-0.2, -0.15) is 0 Å². The Hall–Kier alpha value is -1.09. The molecule has 3 heteroatoms. The molecule has 0 radical (unpaired) electrons. The van der Waals surface area contributed by atoms with Gasteiger partial charge >= 0.3 is 0 Å². The van der Waals surface area contributed by atoms with Crippen LogP contribution in [0.2, 0.25) is 0 Å². The SMILES string of the molecule is CC(C)(C)CNc1cccc(CO)n1. The molecule has 3 nitrogen and oxygen atoms in total. The second-order valence-electron chi connectivity index (χ2n) is 4.59. The van der Waals surface area contributed by atoms with E-state index in [1.807, 2.05) is 18.2 Å². The van der Waals surface area contributed by atoms with Crippen LogP contribution in [-0.2, 0) is 6.61 Å². The van der Waals surface area contributed by atoms with E-state index in [2.05, 4.69) is 31.1 Å². The fourth-order valence-electron chi connectivity index (χ4n) is 1.02. The van der Waals surface area contributed by atoms with Crippen LogP contribution in [0.15, 0.2) is 18.2 Å². The van der Waals surface area contributed by atoms with Crippen molar-refractivity contribution in [2.45, 2.75) is 27.4 Å². The van der Waals surface area contributed by atoms with E-state index < -0.39 is 0 Å². The Morgan fingerprint density at radius 3 is 2.64 bits per heavy atom. The standard InChI is InChI=1S/C11H18N2O/c1-11(2,3)8-12-10-6-4-5-9(7-14)13-10/h4-6,14H,7-8H2,1-3H3,(H,12,13). The van der Waals surface area contributed by atoms with Gasteiger partial charge in [0.1, 0.15) is 5.82 Å². The zero-order valence-corrected chi connectivity index (χ0v) is 9.04. The predicted molar refractivity (Wildman–Crippen MR) is 58.1 cm³/mol. The highest BCUT2D eigenvalue weighted by Gasteiger charge is 2.09. The van der Waals surface area contributed by atoms with Crippen molar-refractivity contribution in [1.82, 2.24) is 4.98 Å². The van der Waals surface area contributed by atoms with Gasteiger partial charge in [-0.25, -0.2) is 4.98 Å². The molecule has 14 heavy (non-hydrogen) atoms. The van der Waals surface area contributed by atoms with Crippen LogP contribution in [0.4, 0.5) is 5.82 Å². The lowest BCUT2D eigenvalue weighted by atomic mass is 9.97. The van der Waals surface area contributed by atoms with E-state index in [0.717, 1.165) is 12.4 Å². The zero-order chi connectivity index (χ0) is 10.6. The summed E-state index contributed by atoms with van der Waals surface area (Å²) in [4.78, 5) is 4.23. The van der Waals surface area contributed by atoms with Crippen molar-refractivity contribution in [1.29, 1.82) is 0 Å². The molecule has 0 unspecified atom stereocenters. The normalized spacial score (nSPS) is 11.4. The molecule has 1 heterocycles. The van der Waals surface area contributed by atoms with Gasteiger partial charge in [0.25, 0.3) is 0 Å². The summed E-state index contributed by atoms with van der Waals surface area (Å²) in [6.45, 7) is 7.35. The Labute approximate surface area is 85.2 Å². The Bertz CT molecular complexity index is 292. The second-order valence-corrected chi connectivity index (χ2v) is 4.59. The van der Waals surface area contributed by atoms with E-state index in [1.54, 1.807) is 0 Å². The van der Waals surface area contributed by atoms with Gasteiger partial charge in [0, 0.05) is 6.54 Å². The van der Waals surface area contributed by atoms with Crippen LogP contribution in [0.1, 0.15) is 26.5 Å². The molecule has 1 aromatic heterocycles. The van der Waals surface area contributed by atoms with Crippen molar-refractivity contribution in [3.63, 3.8) is 0 Å². The van der Waals surface area contributed by atoms with Crippen molar-refractivity contribution >= 4 is 5.82 Å². The largest absolute Gasteiger partial charge is 0.390 e. The molecule has 0 amide bonds. The van der Waals surface area contributed by atoms with Gasteiger partial charge in [0.2, 0.25) is 0 Å². The number of aliphatic hydroxyl groups is 1. The number of aromatic nitrogens is 1. The van der Waals surface area contributed by atoms with Crippen LogP contribution in [0.25, 0.3) is 0 Å². The Morgan fingerprint density at radius 2 is 2.07 bits per heavy atom. The van der Waals surface area contributed by atoms with E-state index in [9.17, 15) is 0 Å². The molecule has 78 valence electrons. The Balaban J connectivity index is 2.59. The maximum Gasteiger partial charge on any atom is 0.126 e. The highest BCUT2D eigenvalue weighted by Crippen LogP contribution is 2.14. The summed E-state index contributed by atoms with van der Waals surface area (Å²) in [5.74, 6) is 0.825. The molecule has 0 aromatic carbocycles. The maximum atomic E-state index is 8.90. The zero-order valence-electron chi connectivity index (χ0n) is 9.04. The lowest BCUT2D eigenvalue weighted by molar-refractivity contribution is 0.277. The molecular weight excluding hydrogens is 176 g/mol. The van der Waals surface area contributed by atoms with E-state index in [-0.39, 0.29) is 12.0 Å². The van der Waals surface area contributed by atoms with Crippen molar-refractivity contribution in [3.05, 3.63) is 23.9 Å². The number of nitrogens with one attached hydrogen (secondary N) is 1. The first-order chi connectivity index (χ1) is 6.51. The van der Waals surface area contributed by atoms with Crippen molar-refractivity contribution in [3.8, 4) is 0 Å². The Kier molecular flexibility index (Phi) is 3.47. The molecule has 0 bridgehead atoms. The number of hydrogen-bond acceptors (Lipinski definition) is 3. The molecule has 0 atom stereocenters. The first-order valence-corrected chi connectivity index (χ1v) is 4.82. The van der Waals surface area contributed by atoms with Crippen LogP contribution in [0.5, 0.6) is 0 Å². The predicted octanol–water partition coefficient (Wildman–Crippen LogP) is 2.03. The highest BCUT2D eigenvalue weighted by atomic mass is 16.3. The van der Waals surface area contributed by atoms with Gasteiger partial charge in [-0.1, -0.05) is 26.8 Å². The first-order valence-electron chi connectivity index (χ1n) is 4.82. The number of nitrogens with zero attached hydrogens (tertiary/aromatic N) is 1. The summed E-state index contributed by atoms with van der Waals surface area (Å²) >= 11 is 0. The number of hydrogen-bond donors (Lipinski definition) is 2. The van der Waals surface area contributed by atoms with Crippen molar-refractivity contribution < 1.29 is 5.11 Å². The lowest BCUT2D eigenvalue weighted by Crippen LogP contribution is -2.19. The van der Waals surface area contributed by atoms with E-state index in [0.29, 0.717) is 5.69 Å². The summed E-state index contributed by atoms with van der Waals surface area (Å²) in [6.07, 6.45) is 0. The first kappa shape index (κ1) is 11.0. The highest BCUT2D eigenvalue weighted by molar-refractivity contribution is 5.35. The van der Waals surface area contributed by atoms with Crippen LogP contribution in [0, 0.1) is 5.41 Å².